The molecule has 122 valence electrons. The zero-order chi connectivity index (χ0) is 16.7. The molecule has 1 aliphatic heterocycles. The SMILES string of the molecule is Cc1cc(C)cc(N2CN=c3s/c(=C\c4ccco4)c(=O)n3C2)c1. The Hall–Kier alpha value is -2.60. The van der Waals surface area contributed by atoms with Gasteiger partial charge in [0.15, 0.2) is 4.80 Å². The molecular weight excluding hydrogens is 322 g/mol. The fraction of sp³-hybridized carbons (Fsp3) is 0.222. The molecule has 0 saturated carbocycles. The van der Waals surface area contributed by atoms with Crippen LogP contribution in [0, 0.1) is 13.8 Å². The fourth-order valence-electron chi connectivity index (χ4n) is 2.91. The molecule has 0 aliphatic carbocycles. The summed E-state index contributed by atoms with van der Waals surface area (Å²) in [6.07, 6.45) is 3.37. The maximum Gasteiger partial charge on any atom is 0.271 e. The van der Waals surface area contributed by atoms with Crippen molar-refractivity contribution < 1.29 is 4.42 Å². The predicted molar refractivity (Wildman–Crippen MR) is 94.9 cm³/mol. The number of anilines is 1. The van der Waals surface area contributed by atoms with Gasteiger partial charge in [-0.25, -0.2) is 4.99 Å². The molecule has 0 bridgehead atoms. The molecule has 5 nitrogen and oxygen atoms in total. The van der Waals surface area contributed by atoms with Gasteiger partial charge in [-0.05, 0) is 49.2 Å². The summed E-state index contributed by atoms with van der Waals surface area (Å²) < 4.78 is 7.67. The standard InChI is InChI=1S/C18H17N3O2S/c1-12-6-13(2)8-14(7-12)20-10-19-18-21(11-20)17(22)16(24-18)9-15-4-3-5-23-15/h3-9H,10-11H2,1-2H3/b16-9-. The predicted octanol–water partition coefficient (Wildman–Crippen LogP) is 2.00. The number of aromatic nitrogens is 1. The molecule has 2 aromatic heterocycles. The van der Waals surface area contributed by atoms with Crippen molar-refractivity contribution in [2.24, 2.45) is 4.99 Å². The third-order valence-corrected chi connectivity index (χ3v) is 5.01. The monoisotopic (exact) mass is 339 g/mol. The summed E-state index contributed by atoms with van der Waals surface area (Å²) in [4.78, 5) is 20.1. The van der Waals surface area contributed by atoms with Crippen LogP contribution in [0.25, 0.3) is 6.08 Å². The van der Waals surface area contributed by atoms with Crippen LogP contribution in [0.15, 0.2) is 50.8 Å². The summed E-state index contributed by atoms with van der Waals surface area (Å²) in [6.45, 7) is 5.23. The van der Waals surface area contributed by atoms with Crippen molar-refractivity contribution in [3.8, 4) is 0 Å². The second-order valence-corrected chi connectivity index (χ2v) is 6.98. The number of fused-ring (bicyclic) bond motifs is 1. The second-order valence-electron chi connectivity index (χ2n) is 5.97. The van der Waals surface area contributed by atoms with E-state index in [1.165, 1.54) is 22.5 Å². The Bertz CT molecular complexity index is 1040. The highest BCUT2D eigenvalue weighted by Crippen LogP contribution is 2.19. The lowest BCUT2D eigenvalue weighted by molar-refractivity contribution is 0.556. The largest absolute Gasteiger partial charge is 0.465 e. The van der Waals surface area contributed by atoms with Crippen LogP contribution in [0.2, 0.25) is 0 Å². The molecule has 4 rings (SSSR count). The van der Waals surface area contributed by atoms with Crippen molar-refractivity contribution in [2.75, 3.05) is 11.6 Å². The van der Waals surface area contributed by atoms with Gasteiger partial charge >= 0.3 is 0 Å². The molecule has 0 spiro atoms. The van der Waals surface area contributed by atoms with Gasteiger partial charge in [0.05, 0.1) is 10.8 Å². The first kappa shape index (κ1) is 15.0. The molecule has 1 aromatic carbocycles. The molecule has 1 aliphatic rings. The van der Waals surface area contributed by atoms with E-state index in [0.717, 1.165) is 10.5 Å². The summed E-state index contributed by atoms with van der Waals surface area (Å²) in [6, 6.07) is 10.0. The van der Waals surface area contributed by atoms with Gasteiger partial charge in [0.25, 0.3) is 5.56 Å². The summed E-state index contributed by atoms with van der Waals surface area (Å²) in [5.74, 6) is 0.678. The normalized spacial score (nSPS) is 14.6. The summed E-state index contributed by atoms with van der Waals surface area (Å²) in [5.41, 5.74) is 3.49. The van der Waals surface area contributed by atoms with Gasteiger partial charge in [-0.1, -0.05) is 17.4 Å². The molecule has 0 saturated heterocycles. The first-order chi connectivity index (χ1) is 11.6. The first-order valence-corrected chi connectivity index (χ1v) is 8.54. The lowest BCUT2D eigenvalue weighted by Crippen LogP contribution is -2.42. The van der Waals surface area contributed by atoms with E-state index in [1.54, 1.807) is 16.9 Å². The number of benzene rings is 1. The Morgan fingerprint density at radius 2 is 2.04 bits per heavy atom. The minimum absolute atomic E-state index is 0.0239. The number of nitrogens with zero attached hydrogens (tertiary/aromatic N) is 3. The minimum atomic E-state index is -0.0239. The van der Waals surface area contributed by atoms with Crippen molar-refractivity contribution in [1.82, 2.24) is 4.57 Å². The molecule has 0 N–H and O–H groups in total. The number of rotatable bonds is 2. The molecule has 0 unspecified atom stereocenters. The molecule has 0 radical (unpaired) electrons. The molecule has 3 aromatic rings. The van der Waals surface area contributed by atoms with E-state index in [4.69, 9.17) is 4.42 Å². The number of aryl methyl sites for hydroxylation is 2. The van der Waals surface area contributed by atoms with E-state index in [-0.39, 0.29) is 5.56 Å². The van der Waals surface area contributed by atoms with E-state index in [1.807, 2.05) is 12.1 Å². The van der Waals surface area contributed by atoms with Crippen molar-refractivity contribution in [3.05, 3.63) is 73.2 Å². The molecule has 0 atom stereocenters. The first-order valence-electron chi connectivity index (χ1n) is 7.73. The van der Waals surface area contributed by atoms with Crippen molar-refractivity contribution in [1.29, 1.82) is 0 Å². The Morgan fingerprint density at radius 1 is 1.25 bits per heavy atom. The maximum atomic E-state index is 12.7. The van der Waals surface area contributed by atoms with Crippen LogP contribution in [0.3, 0.4) is 0 Å². The van der Waals surface area contributed by atoms with Gasteiger partial charge in [-0.15, -0.1) is 0 Å². The van der Waals surface area contributed by atoms with E-state index < -0.39 is 0 Å². The topological polar surface area (TPSA) is 50.7 Å². The third kappa shape index (κ3) is 2.69. The van der Waals surface area contributed by atoms with Gasteiger partial charge in [0.1, 0.15) is 19.1 Å². The van der Waals surface area contributed by atoms with Crippen LogP contribution in [0.5, 0.6) is 0 Å². The van der Waals surface area contributed by atoms with Crippen LogP contribution in [0.1, 0.15) is 16.9 Å². The number of hydrogen-bond donors (Lipinski definition) is 0. The van der Waals surface area contributed by atoms with Crippen molar-refractivity contribution in [2.45, 2.75) is 20.5 Å². The second kappa shape index (κ2) is 5.79. The summed E-state index contributed by atoms with van der Waals surface area (Å²) in [5, 5.41) is 0. The molecule has 6 heteroatoms. The summed E-state index contributed by atoms with van der Waals surface area (Å²) >= 11 is 1.41. The van der Waals surface area contributed by atoms with Crippen LogP contribution >= 0.6 is 11.3 Å². The van der Waals surface area contributed by atoms with E-state index in [2.05, 4.69) is 41.9 Å². The average molecular weight is 339 g/mol. The number of hydrogen-bond acceptors (Lipinski definition) is 5. The highest BCUT2D eigenvalue weighted by molar-refractivity contribution is 7.07. The van der Waals surface area contributed by atoms with Gasteiger partial charge in [0, 0.05) is 11.8 Å². The van der Waals surface area contributed by atoms with E-state index in [9.17, 15) is 4.79 Å². The smallest absolute Gasteiger partial charge is 0.271 e. The number of thiazole rings is 1. The fourth-order valence-corrected chi connectivity index (χ4v) is 3.85. The van der Waals surface area contributed by atoms with Gasteiger partial charge in [0.2, 0.25) is 0 Å². The van der Waals surface area contributed by atoms with Gasteiger partial charge in [-0.2, -0.15) is 0 Å². The Labute approximate surface area is 142 Å². The zero-order valence-corrected chi connectivity index (χ0v) is 14.3. The van der Waals surface area contributed by atoms with E-state index in [0.29, 0.717) is 23.6 Å². The highest BCUT2D eigenvalue weighted by Gasteiger charge is 2.16. The lowest BCUT2D eigenvalue weighted by atomic mass is 10.1. The highest BCUT2D eigenvalue weighted by atomic mass is 32.1. The van der Waals surface area contributed by atoms with Crippen molar-refractivity contribution in [3.63, 3.8) is 0 Å². The molecule has 0 amide bonds. The van der Waals surface area contributed by atoms with Crippen LogP contribution in [0.4, 0.5) is 5.69 Å². The van der Waals surface area contributed by atoms with Crippen molar-refractivity contribution >= 4 is 23.1 Å². The van der Waals surface area contributed by atoms with Crippen LogP contribution in [-0.4, -0.2) is 11.2 Å². The van der Waals surface area contributed by atoms with Gasteiger partial charge < -0.3 is 9.32 Å². The quantitative estimate of drug-likeness (QED) is 0.718. The lowest BCUT2D eigenvalue weighted by Gasteiger charge is -2.26. The molecular formula is C18H17N3O2S. The minimum Gasteiger partial charge on any atom is -0.465 e. The maximum absolute atomic E-state index is 12.7. The summed E-state index contributed by atoms with van der Waals surface area (Å²) in [7, 11) is 0. The Morgan fingerprint density at radius 3 is 2.75 bits per heavy atom. The van der Waals surface area contributed by atoms with Crippen LogP contribution < -0.4 is 19.8 Å². The molecule has 3 heterocycles. The van der Waals surface area contributed by atoms with Gasteiger partial charge in [-0.3, -0.25) is 9.36 Å². The zero-order valence-electron chi connectivity index (χ0n) is 13.5. The molecule has 24 heavy (non-hydrogen) atoms. The molecule has 0 fully saturated rings. The van der Waals surface area contributed by atoms with E-state index >= 15 is 0 Å². The third-order valence-electron chi connectivity index (χ3n) is 3.97. The Kier molecular flexibility index (Phi) is 3.61. The average Bonchev–Trinajstić information content (AvgIpc) is 3.16. The van der Waals surface area contributed by atoms with Crippen LogP contribution in [-0.2, 0) is 6.67 Å². The Balaban J connectivity index is 1.74. The number of furan rings is 1.